The zero-order chi connectivity index (χ0) is 17.5. The lowest BCUT2D eigenvalue weighted by Crippen LogP contribution is -2.59. The average molecular weight is 343 g/mol. The number of aliphatic hydroxyl groups excluding tert-OH is 1. The Labute approximate surface area is 148 Å². The molecule has 1 saturated heterocycles. The molecule has 0 saturated carbocycles. The highest BCUT2D eigenvalue weighted by Crippen LogP contribution is 2.23. The molecule has 3 N–H and O–H groups in total. The first-order valence-corrected chi connectivity index (χ1v) is 8.57. The van der Waals surface area contributed by atoms with Crippen LogP contribution in [-0.2, 0) is 27.4 Å². The molecule has 0 spiro atoms. The summed E-state index contributed by atoms with van der Waals surface area (Å²) in [6.07, 6.45) is -1.20. The maximum absolute atomic E-state index is 9.65. The summed E-state index contributed by atoms with van der Waals surface area (Å²) in [5, 5.41) is 9.65. The molecule has 1 heterocycles. The van der Waals surface area contributed by atoms with Crippen molar-refractivity contribution < 1.29 is 19.3 Å². The van der Waals surface area contributed by atoms with Crippen LogP contribution in [0.4, 0.5) is 0 Å². The Bertz CT molecular complexity index is 622. The molecular weight excluding hydrogens is 318 g/mol. The van der Waals surface area contributed by atoms with Crippen molar-refractivity contribution in [2.24, 2.45) is 5.73 Å². The van der Waals surface area contributed by atoms with Gasteiger partial charge in [0.1, 0.15) is 18.3 Å². The SMILES string of the molecule is NC1COC(CO)[C@@H](OCc2ccccc2)[C@H]1OCc1ccccc1. The Morgan fingerprint density at radius 2 is 1.40 bits per heavy atom. The number of hydrogen-bond acceptors (Lipinski definition) is 5. The Kier molecular flexibility index (Phi) is 6.55. The monoisotopic (exact) mass is 343 g/mol. The van der Waals surface area contributed by atoms with E-state index in [1.165, 1.54) is 0 Å². The molecule has 2 unspecified atom stereocenters. The Balaban J connectivity index is 1.67. The van der Waals surface area contributed by atoms with Gasteiger partial charge < -0.3 is 25.1 Å². The highest BCUT2D eigenvalue weighted by atomic mass is 16.6. The zero-order valence-electron chi connectivity index (χ0n) is 14.2. The fourth-order valence-corrected chi connectivity index (χ4v) is 2.99. The van der Waals surface area contributed by atoms with E-state index in [0.29, 0.717) is 19.8 Å². The van der Waals surface area contributed by atoms with Crippen molar-refractivity contribution >= 4 is 0 Å². The van der Waals surface area contributed by atoms with Crippen LogP contribution < -0.4 is 5.73 Å². The van der Waals surface area contributed by atoms with Crippen molar-refractivity contribution in [1.82, 2.24) is 0 Å². The van der Waals surface area contributed by atoms with Gasteiger partial charge in [0, 0.05) is 0 Å². The molecule has 3 rings (SSSR count). The predicted octanol–water partition coefficient (Wildman–Crippen LogP) is 1.88. The van der Waals surface area contributed by atoms with Crippen molar-refractivity contribution in [1.29, 1.82) is 0 Å². The molecule has 0 radical (unpaired) electrons. The van der Waals surface area contributed by atoms with E-state index in [9.17, 15) is 5.11 Å². The number of benzene rings is 2. The lowest BCUT2D eigenvalue weighted by molar-refractivity contribution is -0.199. The second kappa shape index (κ2) is 9.08. The maximum Gasteiger partial charge on any atom is 0.114 e. The summed E-state index contributed by atoms with van der Waals surface area (Å²) in [5.41, 5.74) is 8.34. The molecule has 1 fully saturated rings. The lowest BCUT2D eigenvalue weighted by Gasteiger charge is -2.40. The first-order valence-electron chi connectivity index (χ1n) is 8.57. The highest BCUT2D eigenvalue weighted by molar-refractivity contribution is 5.14. The topological polar surface area (TPSA) is 73.9 Å². The number of rotatable bonds is 7. The molecule has 4 atom stereocenters. The molecule has 1 aliphatic heterocycles. The van der Waals surface area contributed by atoms with Crippen molar-refractivity contribution in [2.45, 2.75) is 37.6 Å². The van der Waals surface area contributed by atoms with Gasteiger partial charge in [-0.1, -0.05) is 60.7 Å². The van der Waals surface area contributed by atoms with Crippen molar-refractivity contribution in [2.75, 3.05) is 13.2 Å². The third kappa shape index (κ3) is 4.87. The zero-order valence-corrected chi connectivity index (χ0v) is 14.2. The lowest BCUT2D eigenvalue weighted by atomic mass is 9.98. The second-order valence-corrected chi connectivity index (χ2v) is 6.24. The van der Waals surface area contributed by atoms with Gasteiger partial charge in [0.25, 0.3) is 0 Å². The number of aliphatic hydroxyl groups is 1. The minimum absolute atomic E-state index is 0.128. The number of nitrogens with two attached hydrogens (primary N) is 1. The number of ether oxygens (including phenoxy) is 3. The minimum Gasteiger partial charge on any atom is -0.394 e. The third-order valence-electron chi connectivity index (χ3n) is 4.37. The van der Waals surface area contributed by atoms with Gasteiger partial charge in [-0.05, 0) is 11.1 Å². The Morgan fingerprint density at radius 3 is 1.92 bits per heavy atom. The molecule has 5 heteroatoms. The van der Waals surface area contributed by atoms with E-state index in [-0.39, 0.29) is 18.8 Å². The van der Waals surface area contributed by atoms with E-state index in [4.69, 9.17) is 19.9 Å². The minimum atomic E-state index is -0.440. The summed E-state index contributed by atoms with van der Waals surface area (Å²) in [5.74, 6) is 0. The molecule has 0 amide bonds. The van der Waals surface area contributed by atoms with E-state index in [1.54, 1.807) is 0 Å². The summed E-state index contributed by atoms with van der Waals surface area (Å²) < 4.78 is 17.8. The fraction of sp³-hybridized carbons (Fsp3) is 0.400. The summed E-state index contributed by atoms with van der Waals surface area (Å²) in [6, 6.07) is 19.5. The van der Waals surface area contributed by atoms with Crippen LogP contribution in [0.1, 0.15) is 11.1 Å². The molecule has 134 valence electrons. The standard InChI is InChI=1S/C20H25NO4/c21-17-14-23-18(11-22)20(25-13-16-9-5-2-6-10-16)19(17)24-12-15-7-3-1-4-8-15/h1-10,17-20,22H,11-14,21H2/t17?,18?,19-,20+/m0/s1. The smallest absolute Gasteiger partial charge is 0.114 e. The van der Waals surface area contributed by atoms with Gasteiger partial charge in [0.2, 0.25) is 0 Å². The van der Waals surface area contributed by atoms with Crippen LogP contribution in [0.25, 0.3) is 0 Å². The molecule has 0 aromatic heterocycles. The van der Waals surface area contributed by atoms with Gasteiger partial charge in [-0.3, -0.25) is 0 Å². The quantitative estimate of drug-likeness (QED) is 0.803. The van der Waals surface area contributed by atoms with Crippen molar-refractivity contribution in [3.05, 3.63) is 71.8 Å². The third-order valence-corrected chi connectivity index (χ3v) is 4.37. The number of hydrogen-bond donors (Lipinski definition) is 2. The van der Waals surface area contributed by atoms with E-state index in [2.05, 4.69) is 0 Å². The molecule has 0 bridgehead atoms. The molecule has 25 heavy (non-hydrogen) atoms. The normalized spacial score (nSPS) is 26.5. The first kappa shape index (κ1) is 18.0. The van der Waals surface area contributed by atoms with Crippen LogP contribution >= 0.6 is 0 Å². The highest BCUT2D eigenvalue weighted by Gasteiger charge is 2.40. The van der Waals surface area contributed by atoms with Crippen molar-refractivity contribution in [3.63, 3.8) is 0 Å². The fourth-order valence-electron chi connectivity index (χ4n) is 2.99. The summed E-state index contributed by atoms with van der Waals surface area (Å²) in [4.78, 5) is 0. The van der Waals surface area contributed by atoms with E-state index in [0.717, 1.165) is 11.1 Å². The van der Waals surface area contributed by atoms with Gasteiger partial charge in [0.05, 0.1) is 32.5 Å². The van der Waals surface area contributed by atoms with Crippen LogP contribution in [-0.4, -0.2) is 42.7 Å². The van der Waals surface area contributed by atoms with Crippen LogP contribution in [0.15, 0.2) is 60.7 Å². The van der Waals surface area contributed by atoms with E-state index >= 15 is 0 Å². The first-order chi connectivity index (χ1) is 12.3. The van der Waals surface area contributed by atoms with Gasteiger partial charge in [-0.2, -0.15) is 0 Å². The summed E-state index contributed by atoms with van der Waals surface area (Å²) in [6.45, 7) is 1.08. The molecule has 2 aromatic carbocycles. The Morgan fingerprint density at radius 1 is 0.880 bits per heavy atom. The van der Waals surface area contributed by atoms with Gasteiger partial charge in [-0.15, -0.1) is 0 Å². The summed E-state index contributed by atoms with van der Waals surface area (Å²) >= 11 is 0. The van der Waals surface area contributed by atoms with Crippen LogP contribution in [0.2, 0.25) is 0 Å². The molecular formula is C20H25NO4. The molecule has 2 aromatic rings. The molecule has 5 nitrogen and oxygen atoms in total. The van der Waals surface area contributed by atoms with Crippen molar-refractivity contribution in [3.8, 4) is 0 Å². The predicted molar refractivity (Wildman–Crippen MR) is 94.8 cm³/mol. The largest absolute Gasteiger partial charge is 0.394 e. The molecule has 0 aliphatic carbocycles. The Hall–Kier alpha value is -1.76. The van der Waals surface area contributed by atoms with E-state index < -0.39 is 12.2 Å². The second-order valence-electron chi connectivity index (χ2n) is 6.24. The van der Waals surface area contributed by atoms with Crippen LogP contribution in [0.5, 0.6) is 0 Å². The van der Waals surface area contributed by atoms with E-state index in [1.807, 2.05) is 60.7 Å². The summed E-state index contributed by atoms with van der Waals surface area (Å²) in [7, 11) is 0. The van der Waals surface area contributed by atoms with Gasteiger partial charge in [0.15, 0.2) is 0 Å². The van der Waals surface area contributed by atoms with Gasteiger partial charge >= 0.3 is 0 Å². The average Bonchev–Trinajstić information content (AvgIpc) is 2.67. The maximum atomic E-state index is 9.65. The van der Waals surface area contributed by atoms with Gasteiger partial charge in [-0.25, -0.2) is 0 Å². The van der Waals surface area contributed by atoms with Crippen LogP contribution in [0, 0.1) is 0 Å². The van der Waals surface area contributed by atoms with Crippen LogP contribution in [0.3, 0.4) is 0 Å². The molecule has 1 aliphatic rings.